The predicted octanol–water partition coefficient (Wildman–Crippen LogP) is 0.800. The molecule has 1 heterocycles. The Morgan fingerprint density at radius 1 is 1.07 bits per heavy atom. The summed E-state index contributed by atoms with van der Waals surface area (Å²) in [4.78, 5) is 14.5. The lowest BCUT2D eigenvalue weighted by Gasteiger charge is -2.14. The minimum atomic E-state index is 0.298. The minimum absolute atomic E-state index is 0.298. The van der Waals surface area contributed by atoms with Crippen LogP contribution in [-0.2, 0) is 0 Å². The van der Waals surface area contributed by atoms with Crippen molar-refractivity contribution in [3.63, 3.8) is 0 Å². The van der Waals surface area contributed by atoms with Gasteiger partial charge in [0, 0.05) is 27.2 Å². The molecule has 6 heteroatoms. The second-order valence-corrected chi connectivity index (χ2v) is 3.73. The van der Waals surface area contributed by atoms with Gasteiger partial charge in [0.05, 0.1) is 0 Å². The van der Waals surface area contributed by atoms with Gasteiger partial charge in [-0.05, 0) is 13.8 Å². The Morgan fingerprint density at radius 3 is 2.13 bits per heavy atom. The average molecular weight is 210 g/mol. The van der Waals surface area contributed by atoms with E-state index in [-0.39, 0.29) is 0 Å². The zero-order valence-corrected chi connectivity index (χ0v) is 9.87. The van der Waals surface area contributed by atoms with Gasteiger partial charge in [0.15, 0.2) is 0 Å². The summed E-state index contributed by atoms with van der Waals surface area (Å²) in [5.74, 6) is 1.79. The lowest BCUT2D eigenvalue weighted by atomic mass is 10.4. The molecule has 0 saturated carbocycles. The Labute approximate surface area is 90.1 Å². The Balaban J connectivity index is 3.00. The van der Waals surface area contributed by atoms with Crippen molar-refractivity contribution < 1.29 is 0 Å². The van der Waals surface area contributed by atoms with Gasteiger partial charge in [-0.3, -0.25) is 0 Å². The van der Waals surface area contributed by atoms with E-state index in [4.69, 9.17) is 0 Å². The van der Waals surface area contributed by atoms with E-state index in [0.717, 1.165) is 0 Å². The molecule has 1 aromatic heterocycles. The van der Waals surface area contributed by atoms with Crippen molar-refractivity contribution in [2.24, 2.45) is 0 Å². The highest BCUT2D eigenvalue weighted by Crippen LogP contribution is 2.11. The highest BCUT2D eigenvalue weighted by molar-refractivity contribution is 5.42. The number of nitrogens with one attached hydrogen (secondary N) is 2. The van der Waals surface area contributed by atoms with Gasteiger partial charge in [-0.15, -0.1) is 0 Å². The first kappa shape index (κ1) is 11.5. The second-order valence-electron chi connectivity index (χ2n) is 3.73. The van der Waals surface area contributed by atoms with Gasteiger partial charge < -0.3 is 15.5 Å². The zero-order chi connectivity index (χ0) is 11.4. The first-order valence-electron chi connectivity index (χ1n) is 4.90. The van der Waals surface area contributed by atoms with Gasteiger partial charge >= 0.3 is 0 Å². The number of hydrogen-bond acceptors (Lipinski definition) is 6. The van der Waals surface area contributed by atoms with Crippen LogP contribution in [0.25, 0.3) is 0 Å². The third-order valence-corrected chi connectivity index (χ3v) is 1.66. The molecule has 0 aliphatic rings. The summed E-state index contributed by atoms with van der Waals surface area (Å²) in [6, 6.07) is 0.298. The molecule has 1 rings (SSSR count). The molecule has 0 aliphatic carbocycles. The molecule has 0 aromatic carbocycles. The fraction of sp³-hybridized carbons (Fsp3) is 0.667. The van der Waals surface area contributed by atoms with E-state index in [2.05, 4.69) is 25.6 Å². The van der Waals surface area contributed by atoms with Crippen LogP contribution in [0.2, 0.25) is 0 Å². The van der Waals surface area contributed by atoms with Crippen molar-refractivity contribution in [3.05, 3.63) is 0 Å². The summed E-state index contributed by atoms with van der Waals surface area (Å²) >= 11 is 0. The zero-order valence-electron chi connectivity index (χ0n) is 9.87. The van der Waals surface area contributed by atoms with Crippen molar-refractivity contribution in [1.82, 2.24) is 15.0 Å². The highest BCUT2D eigenvalue weighted by Gasteiger charge is 2.07. The number of aromatic nitrogens is 3. The fourth-order valence-corrected chi connectivity index (χ4v) is 0.999. The van der Waals surface area contributed by atoms with Crippen molar-refractivity contribution in [1.29, 1.82) is 0 Å². The van der Waals surface area contributed by atoms with E-state index in [0.29, 0.717) is 23.9 Å². The predicted molar refractivity (Wildman–Crippen MR) is 62.5 cm³/mol. The first-order chi connectivity index (χ1) is 7.02. The van der Waals surface area contributed by atoms with Crippen LogP contribution in [-0.4, -0.2) is 42.1 Å². The highest BCUT2D eigenvalue weighted by atomic mass is 15.3. The van der Waals surface area contributed by atoms with Crippen molar-refractivity contribution in [2.75, 3.05) is 36.7 Å². The summed E-state index contributed by atoms with van der Waals surface area (Å²) in [7, 11) is 5.58. The maximum atomic E-state index is 4.27. The van der Waals surface area contributed by atoms with E-state index < -0.39 is 0 Å². The third-order valence-electron chi connectivity index (χ3n) is 1.66. The molecule has 84 valence electrons. The van der Waals surface area contributed by atoms with Gasteiger partial charge in [0.25, 0.3) is 0 Å². The van der Waals surface area contributed by atoms with Crippen LogP contribution < -0.4 is 15.5 Å². The molecule has 0 unspecified atom stereocenters. The van der Waals surface area contributed by atoms with E-state index in [1.165, 1.54) is 0 Å². The van der Waals surface area contributed by atoms with Crippen molar-refractivity contribution >= 4 is 17.8 Å². The van der Waals surface area contributed by atoms with Crippen LogP contribution in [0.3, 0.4) is 0 Å². The molecule has 1 aromatic rings. The molecular formula is C9H18N6. The standard InChI is InChI=1S/C9H18N6/c1-6(2)11-8-12-7(10-3)13-9(14-8)15(4)5/h6H,1-5H3,(H2,10,11,12,13,14). The monoisotopic (exact) mass is 210 g/mol. The normalized spacial score (nSPS) is 10.3. The molecule has 0 spiro atoms. The maximum Gasteiger partial charge on any atom is 0.231 e. The van der Waals surface area contributed by atoms with Gasteiger partial charge in [-0.2, -0.15) is 15.0 Å². The third kappa shape index (κ3) is 3.23. The smallest absolute Gasteiger partial charge is 0.231 e. The first-order valence-corrected chi connectivity index (χ1v) is 4.90. The average Bonchev–Trinajstić information content (AvgIpc) is 2.16. The molecular weight excluding hydrogens is 192 g/mol. The summed E-state index contributed by atoms with van der Waals surface area (Å²) in [6.07, 6.45) is 0. The van der Waals surface area contributed by atoms with Gasteiger partial charge in [-0.1, -0.05) is 0 Å². The topological polar surface area (TPSA) is 66.0 Å². The van der Waals surface area contributed by atoms with Crippen LogP contribution in [0.4, 0.5) is 17.8 Å². The lowest BCUT2D eigenvalue weighted by Crippen LogP contribution is -2.18. The summed E-state index contributed by atoms with van der Waals surface area (Å²) in [6.45, 7) is 4.08. The molecule has 0 atom stereocenters. The van der Waals surface area contributed by atoms with Crippen molar-refractivity contribution in [2.45, 2.75) is 19.9 Å². The van der Waals surface area contributed by atoms with Gasteiger partial charge in [0.2, 0.25) is 17.8 Å². The summed E-state index contributed by atoms with van der Waals surface area (Å²) in [5.41, 5.74) is 0. The van der Waals surface area contributed by atoms with E-state index in [9.17, 15) is 0 Å². The van der Waals surface area contributed by atoms with E-state index in [1.54, 1.807) is 7.05 Å². The number of hydrogen-bond donors (Lipinski definition) is 2. The van der Waals surface area contributed by atoms with Crippen molar-refractivity contribution in [3.8, 4) is 0 Å². The maximum absolute atomic E-state index is 4.27. The summed E-state index contributed by atoms with van der Waals surface area (Å²) in [5, 5.41) is 6.05. The molecule has 0 amide bonds. The van der Waals surface area contributed by atoms with Crippen LogP contribution in [0.15, 0.2) is 0 Å². The van der Waals surface area contributed by atoms with Gasteiger partial charge in [-0.25, -0.2) is 0 Å². The SMILES string of the molecule is CNc1nc(NC(C)C)nc(N(C)C)n1. The van der Waals surface area contributed by atoms with Crippen LogP contribution in [0.5, 0.6) is 0 Å². The molecule has 0 bridgehead atoms. The Bertz CT molecular complexity index is 322. The largest absolute Gasteiger partial charge is 0.357 e. The van der Waals surface area contributed by atoms with Gasteiger partial charge in [0.1, 0.15) is 0 Å². The molecule has 0 fully saturated rings. The molecule has 2 N–H and O–H groups in total. The molecule has 0 aliphatic heterocycles. The molecule has 15 heavy (non-hydrogen) atoms. The lowest BCUT2D eigenvalue weighted by molar-refractivity contribution is 0.860. The second kappa shape index (κ2) is 4.77. The number of anilines is 3. The molecule has 0 saturated heterocycles. The Hall–Kier alpha value is -1.59. The Morgan fingerprint density at radius 2 is 1.67 bits per heavy atom. The fourth-order valence-electron chi connectivity index (χ4n) is 0.999. The van der Waals surface area contributed by atoms with E-state index in [1.807, 2.05) is 32.8 Å². The van der Waals surface area contributed by atoms with Crippen LogP contribution in [0.1, 0.15) is 13.8 Å². The quantitative estimate of drug-likeness (QED) is 0.766. The van der Waals surface area contributed by atoms with Crippen LogP contribution in [0, 0.1) is 0 Å². The molecule has 6 nitrogen and oxygen atoms in total. The minimum Gasteiger partial charge on any atom is -0.357 e. The number of rotatable bonds is 4. The van der Waals surface area contributed by atoms with Crippen LogP contribution >= 0.6 is 0 Å². The Kier molecular flexibility index (Phi) is 3.65. The summed E-state index contributed by atoms with van der Waals surface area (Å²) < 4.78 is 0. The number of nitrogens with zero attached hydrogens (tertiary/aromatic N) is 4. The molecule has 0 radical (unpaired) electrons. The van der Waals surface area contributed by atoms with E-state index >= 15 is 0 Å².